The third kappa shape index (κ3) is 5.52. The molecule has 0 unspecified atom stereocenters. The Morgan fingerprint density at radius 1 is 0.914 bits per heavy atom. The van der Waals surface area contributed by atoms with Crippen LogP contribution in [-0.4, -0.2) is 25.8 Å². The lowest BCUT2D eigenvalue weighted by atomic mass is 9.88. The molecule has 2 aromatic carbocycles. The van der Waals surface area contributed by atoms with E-state index in [-0.39, 0.29) is 0 Å². The SMILES string of the molecule is COC(=O)[C@@H](OC(C)(C)C)c1c(-c2ccc(Cl)cc2)c(C)c(-c2ccc(C)c(C)c2)[n+](OC)c1C. The van der Waals surface area contributed by atoms with Gasteiger partial charge in [0.1, 0.15) is 7.11 Å². The van der Waals surface area contributed by atoms with E-state index in [1.807, 2.05) is 58.9 Å². The first kappa shape index (κ1) is 26.7. The van der Waals surface area contributed by atoms with Crippen LogP contribution in [0.25, 0.3) is 22.4 Å². The van der Waals surface area contributed by atoms with E-state index in [9.17, 15) is 4.79 Å². The van der Waals surface area contributed by atoms with E-state index in [2.05, 4.69) is 32.0 Å². The van der Waals surface area contributed by atoms with Crippen molar-refractivity contribution in [1.29, 1.82) is 0 Å². The van der Waals surface area contributed by atoms with Crippen LogP contribution in [0.5, 0.6) is 0 Å². The number of hydrogen-bond acceptors (Lipinski definition) is 4. The van der Waals surface area contributed by atoms with Crippen LogP contribution in [0.15, 0.2) is 42.5 Å². The minimum Gasteiger partial charge on any atom is -0.467 e. The van der Waals surface area contributed by atoms with Crippen LogP contribution in [0.3, 0.4) is 0 Å². The normalized spacial score (nSPS) is 12.4. The lowest BCUT2D eigenvalue weighted by Gasteiger charge is -2.28. The predicted molar refractivity (Wildman–Crippen MR) is 140 cm³/mol. The molecule has 0 radical (unpaired) electrons. The van der Waals surface area contributed by atoms with E-state index in [4.69, 9.17) is 25.9 Å². The van der Waals surface area contributed by atoms with Crippen molar-refractivity contribution in [3.8, 4) is 22.4 Å². The van der Waals surface area contributed by atoms with Crippen LogP contribution in [0, 0.1) is 27.7 Å². The fourth-order valence-corrected chi connectivity index (χ4v) is 4.50. The molecule has 0 aliphatic rings. The standard InChI is InChI=1S/C29H35ClNO4/c1-17-10-11-22(16-18(17)2)26-19(3)24(21-12-14-23(30)15-13-21)25(20(4)31(26)34-9)27(28(32)33-8)35-29(5,6)7/h10-16,27H,1-9H3/q+1/t27-/m0/s1. The highest BCUT2D eigenvalue weighted by atomic mass is 35.5. The number of halogens is 1. The van der Waals surface area contributed by atoms with Crippen molar-refractivity contribution in [3.63, 3.8) is 0 Å². The van der Waals surface area contributed by atoms with Crippen LogP contribution >= 0.6 is 11.6 Å². The quantitative estimate of drug-likeness (QED) is 0.297. The average Bonchev–Trinajstić information content (AvgIpc) is 2.80. The van der Waals surface area contributed by atoms with Gasteiger partial charge in [0.2, 0.25) is 5.69 Å². The van der Waals surface area contributed by atoms with E-state index in [1.165, 1.54) is 18.2 Å². The Kier molecular flexibility index (Phi) is 7.93. The highest BCUT2D eigenvalue weighted by molar-refractivity contribution is 6.30. The Bertz CT molecular complexity index is 1240. The van der Waals surface area contributed by atoms with E-state index < -0.39 is 17.7 Å². The van der Waals surface area contributed by atoms with Crippen LogP contribution < -0.4 is 9.57 Å². The monoisotopic (exact) mass is 496 g/mol. The van der Waals surface area contributed by atoms with Gasteiger partial charge in [0.25, 0.3) is 5.69 Å². The number of aromatic nitrogens is 1. The second-order valence-electron chi connectivity index (χ2n) is 9.76. The molecule has 3 rings (SSSR count). The molecule has 186 valence electrons. The molecule has 0 aliphatic carbocycles. The molecule has 1 aromatic heterocycles. The van der Waals surface area contributed by atoms with Gasteiger partial charge in [-0.15, -0.1) is 0 Å². The number of esters is 1. The summed E-state index contributed by atoms with van der Waals surface area (Å²) in [6.45, 7) is 13.9. The van der Waals surface area contributed by atoms with Crippen molar-refractivity contribution in [2.24, 2.45) is 0 Å². The highest BCUT2D eigenvalue weighted by Crippen LogP contribution is 2.40. The number of aryl methyl sites for hydroxylation is 2. The summed E-state index contributed by atoms with van der Waals surface area (Å²) >= 11 is 6.22. The summed E-state index contributed by atoms with van der Waals surface area (Å²) in [5.74, 6) is -0.473. The van der Waals surface area contributed by atoms with Crippen molar-refractivity contribution >= 4 is 17.6 Å². The fourth-order valence-electron chi connectivity index (χ4n) is 4.38. The molecule has 0 fully saturated rings. The van der Waals surface area contributed by atoms with Crippen LogP contribution in [0.4, 0.5) is 0 Å². The molecule has 3 aromatic rings. The van der Waals surface area contributed by atoms with Gasteiger partial charge in [-0.25, -0.2) is 4.79 Å². The maximum atomic E-state index is 13.1. The summed E-state index contributed by atoms with van der Waals surface area (Å²) in [5.41, 5.74) is 7.92. The number of carbonyl (C=O) groups excluding carboxylic acids is 1. The van der Waals surface area contributed by atoms with Gasteiger partial charge < -0.3 is 9.47 Å². The molecule has 0 saturated heterocycles. The number of hydrogen-bond donors (Lipinski definition) is 0. The number of ether oxygens (including phenoxy) is 2. The Morgan fingerprint density at radius 2 is 1.51 bits per heavy atom. The van der Waals surface area contributed by atoms with Gasteiger partial charge in [-0.1, -0.05) is 29.8 Å². The molecule has 0 saturated carbocycles. The smallest absolute Gasteiger partial charge is 0.339 e. The Hall–Kier alpha value is -2.89. The van der Waals surface area contributed by atoms with Gasteiger partial charge >= 0.3 is 5.97 Å². The molecular weight excluding hydrogens is 462 g/mol. The Morgan fingerprint density at radius 3 is 2.03 bits per heavy atom. The fraction of sp³-hybridized carbons (Fsp3) is 0.379. The maximum absolute atomic E-state index is 13.1. The zero-order valence-corrected chi connectivity index (χ0v) is 22.8. The predicted octanol–water partition coefficient (Wildman–Crippen LogP) is 6.28. The summed E-state index contributed by atoms with van der Waals surface area (Å²) in [6, 6.07) is 14.0. The van der Waals surface area contributed by atoms with E-state index >= 15 is 0 Å². The topological polar surface area (TPSA) is 48.6 Å². The number of rotatable bonds is 6. The molecule has 1 heterocycles. The number of nitrogens with zero attached hydrogens (tertiary/aromatic N) is 1. The summed E-state index contributed by atoms with van der Waals surface area (Å²) in [4.78, 5) is 19.0. The summed E-state index contributed by atoms with van der Waals surface area (Å²) in [6.07, 6.45) is -0.959. The summed E-state index contributed by atoms with van der Waals surface area (Å²) < 4.78 is 13.3. The van der Waals surface area contributed by atoms with Crippen molar-refractivity contribution in [2.75, 3.05) is 14.2 Å². The third-order valence-electron chi connectivity index (χ3n) is 6.14. The van der Waals surface area contributed by atoms with Gasteiger partial charge in [-0.3, -0.25) is 4.84 Å². The minimum absolute atomic E-state index is 0.473. The third-order valence-corrected chi connectivity index (χ3v) is 6.39. The van der Waals surface area contributed by atoms with E-state index in [0.717, 1.165) is 33.6 Å². The second-order valence-corrected chi connectivity index (χ2v) is 10.2. The van der Waals surface area contributed by atoms with Gasteiger partial charge in [-0.05, 0) is 82.5 Å². The molecule has 0 N–H and O–H groups in total. The molecule has 0 amide bonds. The Labute approximate surface area is 213 Å². The highest BCUT2D eigenvalue weighted by Gasteiger charge is 2.39. The Balaban J connectivity index is 2.49. The van der Waals surface area contributed by atoms with Gasteiger partial charge in [0, 0.05) is 27.8 Å². The lowest BCUT2D eigenvalue weighted by Crippen LogP contribution is -2.48. The first-order valence-electron chi connectivity index (χ1n) is 11.6. The summed E-state index contributed by atoms with van der Waals surface area (Å²) in [5, 5.41) is 0.636. The molecule has 35 heavy (non-hydrogen) atoms. The molecule has 1 atom stereocenters. The first-order chi connectivity index (χ1) is 16.4. The van der Waals surface area contributed by atoms with E-state index in [0.29, 0.717) is 10.6 Å². The first-order valence-corrected chi connectivity index (χ1v) is 12.0. The molecular formula is C29H35ClNO4+. The van der Waals surface area contributed by atoms with Crippen molar-refractivity contribution < 1.29 is 23.8 Å². The van der Waals surface area contributed by atoms with Gasteiger partial charge in [-0.2, -0.15) is 0 Å². The lowest BCUT2D eigenvalue weighted by molar-refractivity contribution is -0.881. The molecule has 0 bridgehead atoms. The summed E-state index contributed by atoms with van der Waals surface area (Å²) in [7, 11) is 3.00. The van der Waals surface area contributed by atoms with E-state index in [1.54, 1.807) is 11.8 Å². The number of methoxy groups -OCH3 is 1. The van der Waals surface area contributed by atoms with Crippen LogP contribution in [-0.2, 0) is 14.3 Å². The number of pyridine rings is 1. The minimum atomic E-state index is -0.959. The van der Waals surface area contributed by atoms with Gasteiger partial charge in [0.05, 0.1) is 23.8 Å². The average molecular weight is 497 g/mol. The van der Waals surface area contributed by atoms with Crippen LogP contribution in [0.2, 0.25) is 5.02 Å². The largest absolute Gasteiger partial charge is 0.467 e. The van der Waals surface area contributed by atoms with Crippen molar-refractivity contribution in [2.45, 2.75) is 60.2 Å². The van der Waals surface area contributed by atoms with Crippen molar-refractivity contribution in [3.05, 3.63) is 75.4 Å². The van der Waals surface area contributed by atoms with Crippen LogP contribution in [0.1, 0.15) is 54.8 Å². The molecule has 0 spiro atoms. The number of benzene rings is 2. The maximum Gasteiger partial charge on any atom is 0.339 e. The number of carbonyl (C=O) groups is 1. The zero-order valence-electron chi connectivity index (χ0n) is 22.1. The second kappa shape index (κ2) is 10.4. The molecule has 6 heteroatoms. The zero-order chi connectivity index (χ0) is 26.1. The molecule has 5 nitrogen and oxygen atoms in total. The molecule has 0 aliphatic heterocycles. The van der Waals surface area contributed by atoms with Gasteiger partial charge in [0.15, 0.2) is 6.10 Å². The van der Waals surface area contributed by atoms with Crippen molar-refractivity contribution in [1.82, 2.24) is 0 Å².